The van der Waals surface area contributed by atoms with Gasteiger partial charge < -0.3 is 10.5 Å². The second-order valence-corrected chi connectivity index (χ2v) is 5.28. The van der Waals surface area contributed by atoms with Gasteiger partial charge in [0.25, 0.3) is 0 Å². The Bertz CT molecular complexity index is 614. The summed E-state index contributed by atoms with van der Waals surface area (Å²) >= 11 is 1.76. The van der Waals surface area contributed by atoms with E-state index in [-0.39, 0.29) is 11.4 Å². The number of anilines is 1. The van der Waals surface area contributed by atoms with Crippen molar-refractivity contribution < 1.29 is 9.53 Å². The monoisotopic (exact) mass is 289 g/mol. The Hall–Kier alpha value is -2.08. The molecule has 0 aliphatic heterocycles. The van der Waals surface area contributed by atoms with Crippen LogP contribution in [0.25, 0.3) is 11.4 Å². The minimum atomic E-state index is -0.538. The van der Waals surface area contributed by atoms with Crippen LogP contribution in [0.5, 0.6) is 0 Å². The van der Waals surface area contributed by atoms with E-state index in [9.17, 15) is 4.79 Å². The minimum absolute atomic E-state index is 0.119. The summed E-state index contributed by atoms with van der Waals surface area (Å²) in [5.74, 6) is 1.09. The predicted molar refractivity (Wildman–Crippen MR) is 79.6 cm³/mol. The van der Waals surface area contributed by atoms with Crippen molar-refractivity contribution in [2.24, 2.45) is 0 Å². The SMILES string of the molecule is CCSc1ccc(-c2ncc(C(=O)OC)c(N)n2)cc1. The van der Waals surface area contributed by atoms with Crippen LogP contribution >= 0.6 is 11.8 Å². The Morgan fingerprint density at radius 1 is 1.35 bits per heavy atom. The molecule has 0 saturated heterocycles. The predicted octanol–water partition coefficient (Wildman–Crippen LogP) is 2.62. The van der Waals surface area contributed by atoms with Gasteiger partial charge in [0.05, 0.1) is 7.11 Å². The molecule has 2 aromatic rings. The lowest BCUT2D eigenvalue weighted by Crippen LogP contribution is -2.09. The molecule has 6 heteroatoms. The number of hydrogen-bond acceptors (Lipinski definition) is 6. The van der Waals surface area contributed by atoms with Gasteiger partial charge in [0, 0.05) is 16.7 Å². The number of esters is 1. The molecule has 0 spiro atoms. The average molecular weight is 289 g/mol. The number of ether oxygens (including phenoxy) is 1. The van der Waals surface area contributed by atoms with E-state index in [1.165, 1.54) is 18.2 Å². The number of nitrogens with zero attached hydrogens (tertiary/aromatic N) is 2. The van der Waals surface area contributed by atoms with Crippen molar-refractivity contribution >= 4 is 23.5 Å². The number of carbonyl (C=O) groups is 1. The minimum Gasteiger partial charge on any atom is -0.465 e. The van der Waals surface area contributed by atoms with Crippen molar-refractivity contribution in [1.82, 2.24) is 9.97 Å². The van der Waals surface area contributed by atoms with Crippen LogP contribution in [0.2, 0.25) is 0 Å². The second-order valence-electron chi connectivity index (χ2n) is 3.94. The van der Waals surface area contributed by atoms with E-state index in [4.69, 9.17) is 5.73 Å². The molecular formula is C14H15N3O2S. The summed E-state index contributed by atoms with van der Waals surface area (Å²) < 4.78 is 4.60. The van der Waals surface area contributed by atoms with Crippen LogP contribution in [0.3, 0.4) is 0 Å². The fraction of sp³-hybridized carbons (Fsp3) is 0.214. The topological polar surface area (TPSA) is 78.1 Å². The van der Waals surface area contributed by atoms with Crippen LogP contribution in [-0.2, 0) is 4.74 Å². The molecule has 0 atom stereocenters. The number of aromatic nitrogens is 2. The zero-order valence-corrected chi connectivity index (χ0v) is 12.1. The summed E-state index contributed by atoms with van der Waals surface area (Å²) in [5, 5.41) is 0. The van der Waals surface area contributed by atoms with Crippen molar-refractivity contribution in [2.75, 3.05) is 18.6 Å². The van der Waals surface area contributed by atoms with E-state index in [0.29, 0.717) is 5.82 Å². The summed E-state index contributed by atoms with van der Waals surface area (Å²) in [4.78, 5) is 20.9. The molecule has 0 unspecified atom stereocenters. The van der Waals surface area contributed by atoms with Gasteiger partial charge >= 0.3 is 5.97 Å². The molecule has 2 rings (SSSR count). The largest absolute Gasteiger partial charge is 0.465 e. The van der Waals surface area contributed by atoms with E-state index in [1.807, 2.05) is 24.3 Å². The number of carbonyl (C=O) groups excluding carboxylic acids is 1. The molecule has 1 heterocycles. The maximum absolute atomic E-state index is 11.4. The van der Waals surface area contributed by atoms with Crippen LogP contribution in [0, 0.1) is 0 Å². The fourth-order valence-corrected chi connectivity index (χ4v) is 2.33. The molecule has 0 aliphatic carbocycles. The van der Waals surface area contributed by atoms with E-state index in [2.05, 4.69) is 21.6 Å². The third-order valence-corrected chi connectivity index (χ3v) is 3.54. The molecular weight excluding hydrogens is 274 g/mol. The third-order valence-electron chi connectivity index (χ3n) is 2.65. The Kier molecular flexibility index (Phi) is 4.57. The van der Waals surface area contributed by atoms with Crippen LogP contribution < -0.4 is 5.73 Å². The molecule has 1 aromatic carbocycles. The zero-order chi connectivity index (χ0) is 14.5. The highest BCUT2D eigenvalue weighted by atomic mass is 32.2. The van der Waals surface area contributed by atoms with Crippen molar-refractivity contribution in [3.05, 3.63) is 36.0 Å². The number of hydrogen-bond donors (Lipinski definition) is 1. The summed E-state index contributed by atoms with van der Waals surface area (Å²) in [5.41, 5.74) is 6.79. The van der Waals surface area contributed by atoms with Gasteiger partial charge in [-0.2, -0.15) is 0 Å². The summed E-state index contributed by atoms with van der Waals surface area (Å²) in [6, 6.07) is 7.89. The van der Waals surface area contributed by atoms with Crippen LogP contribution in [0.15, 0.2) is 35.4 Å². The maximum Gasteiger partial charge on any atom is 0.343 e. The highest BCUT2D eigenvalue weighted by Gasteiger charge is 2.13. The van der Waals surface area contributed by atoms with Gasteiger partial charge in [-0.3, -0.25) is 0 Å². The smallest absolute Gasteiger partial charge is 0.343 e. The maximum atomic E-state index is 11.4. The molecule has 0 bridgehead atoms. The van der Waals surface area contributed by atoms with Gasteiger partial charge in [-0.15, -0.1) is 11.8 Å². The Labute approximate surface area is 121 Å². The number of thioether (sulfide) groups is 1. The van der Waals surface area contributed by atoms with Crippen LogP contribution in [-0.4, -0.2) is 28.8 Å². The molecule has 104 valence electrons. The third kappa shape index (κ3) is 3.08. The normalized spacial score (nSPS) is 10.3. The van der Waals surface area contributed by atoms with Crippen molar-refractivity contribution in [3.63, 3.8) is 0 Å². The van der Waals surface area contributed by atoms with E-state index in [1.54, 1.807) is 11.8 Å². The second kappa shape index (κ2) is 6.38. The Morgan fingerprint density at radius 3 is 2.60 bits per heavy atom. The van der Waals surface area contributed by atoms with Gasteiger partial charge in [-0.25, -0.2) is 14.8 Å². The lowest BCUT2D eigenvalue weighted by molar-refractivity contribution is 0.0601. The average Bonchev–Trinajstić information content (AvgIpc) is 2.47. The highest BCUT2D eigenvalue weighted by Crippen LogP contribution is 2.23. The first-order valence-corrected chi connectivity index (χ1v) is 7.08. The van der Waals surface area contributed by atoms with Crippen LogP contribution in [0.4, 0.5) is 5.82 Å². The first kappa shape index (κ1) is 14.3. The van der Waals surface area contributed by atoms with Crippen molar-refractivity contribution in [3.8, 4) is 11.4 Å². The van der Waals surface area contributed by atoms with Crippen molar-refractivity contribution in [1.29, 1.82) is 0 Å². The van der Waals surface area contributed by atoms with Gasteiger partial charge in [0.15, 0.2) is 5.82 Å². The number of benzene rings is 1. The van der Waals surface area contributed by atoms with Gasteiger partial charge in [-0.1, -0.05) is 19.1 Å². The first-order valence-electron chi connectivity index (χ1n) is 6.09. The molecule has 0 aliphatic rings. The molecule has 0 fully saturated rings. The quantitative estimate of drug-likeness (QED) is 0.688. The highest BCUT2D eigenvalue weighted by molar-refractivity contribution is 7.99. The number of nitrogen functional groups attached to an aromatic ring is 1. The summed E-state index contributed by atoms with van der Waals surface area (Å²) in [6.45, 7) is 2.11. The fourth-order valence-electron chi connectivity index (χ4n) is 1.67. The lowest BCUT2D eigenvalue weighted by atomic mass is 10.2. The standard InChI is InChI=1S/C14H15N3O2S/c1-3-20-10-6-4-9(5-7-10)13-16-8-11(12(15)17-13)14(18)19-2/h4-8H,3H2,1-2H3,(H2,15,16,17). The number of rotatable bonds is 4. The molecule has 20 heavy (non-hydrogen) atoms. The van der Waals surface area contributed by atoms with Gasteiger partial charge in [0.1, 0.15) is 11.4 Å². The molecule has 0 amide bonds. The van der Waals surface area contributed by atoms with Gasteiger partial charge in [-0.05, 0) is 17.9 Å². The van der Waals surface area contributed by atoms with E-state index >= 15 is 0 Å². The summed E-state index contributed by atoms with van der Waals surface area (Å²) in [6.07, 6.45) is 1.39. The van der Waals surface area contributed by atoms with E-state index in [0.717, 1.165) is 11.3 Å². The molecule has 1 aromatic heterocycles. The van der Waals surface area contributed by atoms with Crippen LogP contribution in [0.1, 0.15) is 17.3 Å². The number of nitrogens with two attached hydrogens (primary N) is 1. The molecule has 2 N–H and O–H groups in total. The van der Waals surface area contributed by atoms with E-state index < -0.39 is 5.97 Å². The first-order chi connectivity index (χ1) is 9.65. The molecule has 0 saturated carbocycles. The molecule has 0 radical (unpaired) electrons. The lowest BCUT2D eigenvalue weighted by Gasteiger charge is -2.06. The Morgan fingerprint density at radius 2 is 2.05 bits per heavy atom. The zero-order valence-electron chi connectivity index (χ0n) is 11.3. The number of methoxy groups -OCH3 is 1. The summed E-state index contributed by atoms with van der Waals surface area (Å²) in [7, 11) is 1.29. The molecule has 5 nitrogen and oxygen atoms in total. The van der Waals surface area contributed by atoms with Crippen molar-refractivity contribution in [2.45, 2.75) is 11.8 Å². The Balaban J connectivity index is 2.29. The van der Waals surface area contributed by atoms with Gasteiger partial charge in [0.2, 0.25) is 0 Å².